The molecule has 0 saturated carbocycles. The zero-order valence-corrected chi connectivity index (χ0v) is 18.7. The van der Waals surface area contributed by atoms with E-state index in [1.54, 1.807) is 35.2 Å². The smallest absolute Gasteiger partial charge is 0.320 e. The fraction of sp³-hybridized carbons (Fsp3) is 0.115. The molecule has 5 rings (SSSR count). The van der Waals surface area contributed by atoms with Gasteiger partial charge in [0.2, 0.25) is 0 Å². The Hall–Kier alpha value is -3.90. The molecule has 0 unspecified atom stereocenters. The van der Waals surface area contributed by atoms with Crippen LogP contribution in [0.15, 0.2) is 94.8 Å². The molecule has 0 fully saturated rings. The second kappa shape index (κ2) is 8.56. The summed E-state index contributed by atoms with van der Waals surface area (Å²) < 4.78 is 4.54. The van der Waals surface area contributed by atoms with Crippen LogP contribution in [0.5, 0.6) is 0 Å². The number of rotatable bonds is 5. The summed E-state index contributed by atoms with van der Waals surface area (Å²) in [5, 5.41) is 0.561. The summed E-state index contributed by atoms with van der Waals surface area (Å²) in [6.45, 7) is 2.66. The Morgan fingerprint density at radius 1 is 0.848 bits per heavy atom. The molecule has 2 heterocycles. The number of imidazole rings is 1. The fourth-order valence-corrected chi connectivity index (χ4v) is 4.16. The maximum absolute atomic E-state index is 13.6. The van der Waals surface area contributed by atoms with Gasteiger partial charge in [0.15, 0.2) is 11.2 Å². The summed E-state index contributed by atoms with van der Waals surface area (Å²) in [7, 11) is 0. The average Bonchev–Trinajstić information content (AvgIpc) is 3.22. The van der Waals surface area contributed by atoms with Crippen molar-refractivity contribution in [2.75, 3.05) is 0 Å². The first-order valence-corrected chi connectivity index (χ1v) is 10.9. The van der Waals surface area contributed by atoms with Crippen LogP contribution in [0.4, 0.5) is 0 Å². The number of nitrogens with zero attached hydrogens (tertiary/aromatic N) is 4. The molecule has 0 aliphatic carbocycles. The molecule has 0 N–H and O–H groups in total. The second-order valence-electron chi connectivity index (χ2n) is 8.01. The largest absolute Gasteiger partial charge is 0.337 e. The topological polar surface area (TPSA) is 61.8 Å². The Bertz CT molecular complexity index is 1560. The highest BCUT2D eigenvalue weighted by Gasteiger charge is 2.19. The van der Waals surface area contributed by atoms with Gasteiger partial charge in [-0.15, -0.1) is 0 Å². The predicted molar refractivity (Wildman–Crippen MR) is 130 cm³/mol. The van der Waals surface area contributed by atoms with E-state index in [-0.39, 0.29) is 12.1 Å². The highest BCUT2D eigenvalue weighted by atomic mass is 35.5. The summed E-state index contributed by atoms with van der Waals surface area (Å²) in [4.78, 5) is 31.6. The lowest BCUT2D eigenvalue weighted by Gasteiger charge is -2.13. The number of hydrogen-bond donors (Lipinski definition) is 0. The molecule has 0 spiro atoms. The molecule has 0 bridgehead atoms. The van der Waals surface area contributed by atoms with Crippen molar-refractivity contribution >= 4 is 22.8 Å². The molecule has 0 aliphatic heterocycles. The lowest BCUT2D eigenvalue weighted by Crippen LogP contribution is -2.40. The Balaban J connectivity index is 1.76. The fourth-order valence-electron chi connectivity index (χ4n) is 4.04. The quantitative estimate of drug-likeness (QED) is 0.393. The van der Waals surface area contributed by atoms with Gasteiger partial charge < -0.3 is 4.57 Å². The standard InChI is InChI=1S/C26H21ClN4O2/c1-18-6-5-9-20(14-18)15-29-17-28-24-23(29)25(32)30(16-19-7-3-2-4-8-19)26(33)31(24)22-12-10-21(27)11-13-22/h2-14,17H,15-16H2,1H3. The number of hydrogen-bond acceptors (Lipinski definition) is 3. The molecule has 2 aromatic heterocycles. The Morgan fingerprint density at radius 2 is 1.58 bits per heavy atom. The van der Waals surface area contributed by atoms with Crippen LogP contribution in [0.25, 0.3) is 16.9 Å². The van der Waals surface area contributed by atoms with Gasteiger partial charge in [0, 0.05) is 11.6 Å². The minimum atomic E-state index is -0.445. The monoisotopic (exact) mass is 456 g/mol. The van der Waals surface area contributed by atoms with Crippen LogP contribution in [0.2, 0.25) is 5.02 Å². The van der Waals surface area contributed by atoms with Crippen molar-refractivity contribution in [3.8, 4) is 5.69 Å². The van der Waals surface area contributed by atoms with Crippen molar-refractivity contribution in [1.82, 2.24) is 18.7 Å². The summed E-state index contributed by atoms with van der Waals surface area (Å²) >= 11 is 6.07. The third-order valence-corrected chi connectivity index (χ3v) is 5.86. The first kappa shape index (κ1) is 21.0. The number of aryl methyl sites for hydroxylation is 1. The van der Waals surface area contributed by atoms with Gasteiger partial charge in [-0.2, -0.15) is 0 Å². The van der Waals surface area contributed by atoms with E-state index in [1.807, 2.05) is 55.5 Å². The number of halogens is 1. The number of aromatic nitrogens is 4. The van der Waals surface area contributed by atoms with Crippen molar-refractivity contribution in [3.63, 3.8) is 0 Å². The van der Waals surface area contributed by atoms with Crippen molar-refractivity contribution in [1.29, 1.82) is 0 Å². The van der Waals surface area contributed by atoms with Crippen LogP contribution in [0, 0.1) is 6.92 Å². The van der Waals surface area contributed by atoms with E-state index >= 15 is 0 Å². The molecular weight excluding hydrogens is 436 g/mol. The second-order valence-corrected chi connectivity index (χ2v) is 8.44. The van der Waals surface area contributed by atoms with E-state index < -0.39 is 5.69 Å². The first-order chi connectivity index (χ1) is 16.0. The molecular formula is C26H21ClN4O2. The zero-order valence-electron chi connectivity index (χ0n) is 18.0. The predicted octanol–water partition coefficient (Wildman–Crippen LogP) is 4.41. The highest BCUT2D eigenvalue weighted by molar-refractivity contribution is 6.30. The lowest BCUT2D eigenvalue weighted by atomic mass is 10.1. The van der Waals surface area contributed by atoms with Crippen molar-refractivity contribution in [2.24, 2.45) is 0 Å². The third-order valence-electron chi connectivity index (χ3n) is 5.60. The van der Waals surface area contributed by atoms with Crippen LogP contribution in [0.3, 0.4) is 0 Å². The molecule has 0 saturated heterocycles. The molecule has 6 nitrogen and oxygen atoms in total. The number of benzene rings is 3. The van der Waals surface area contributed by atoms with Crippen LogP contribution in [-0.4, -0.2) is 18.7 Å². The summed E-state index contributed by atoms with van der Waals surface area (Å²) in [5.74, 6) is 0. The van der Waals surface area contributed by atoms with Crippen molar-refractivity contribution in [2.45, 2.75) is 20.0 Å². The SMILES string of the molecule is Cc1cccc(Cn2cnc3c2c(=O)n(Cc2ccccc2)c(=O)n3-c2ccc(Cl)cc2)c1. The van der Waals surface area contributed by atoms with E-state index in [2.05, 4.69) is 11.1 Å². The molecule has 33 heavy (non-hydrogen) atoms. The van der Waals surface area contributed by atoms with Crippen molar-refractivity contribution < 1.29 is 0 Å². The van der Waals surface area contributed by atoms with Gasteiger partial charge >= 0.3 is 5.69 Å². The summed E-state index contributed by atoms with van der Waals surface area (Å²) in [6.07, 6.45) is 1.62. The van der Waals surface area contributed by atoms with Crippen LogP contribution in [0.1, 0.15) is 16.7 Å². The Labute approximate surface area is 195 Å². The van der Waals surface area contributed by atoms with Gasteiger partial charge in [-0.05, 0) is 42.3 Å². The summed E-state index contributed by atoms with van der Waals surface area (Å²) in [6, 6.07) is 24.5. The minimum Gasteiger partial charge on any atom is -0.320 e. The Kier molecular flexibility index (Phi) is 5.44. The highest BCUT2D eigenvalue weighted by Crippen LogP contribution is 2.17. The van der Waals surface area contributed by atoms with Gasteiger partial charge in [-0.25, -0.2) is 14.3 Å². The Morgan fingerprint density at radius 3 is 2.30 bits per heavy atom. The number of fused-ring (bicyclic) bond motifs is 1. The van der Waals surface area contributed by atoms with E-state index in [0.717, 1.165) is 16.7 Å². The molecule has 0 aliphatic rings. The maximum Gasteiger partial charge on any atom is 0.337 e. The van der Waals surface area contributed by atoms with Gasteiger partial charge in [0.05, 0.1) is 18.6 Å². The van der Waals surface area contributed by atoms with Crippen LogP contribution in [-0.2, 0) is 13.1 Å². The van der Waals surface area contributed by atoms with E-state index in [9.17, 15) is 9.59 Å². The summed E-state index contributed by atoms with van der Waals surface area (Å²) in [5.41, 5.74) is 3.53. The van der Waals surface area contributed by atoms with Gasteiger partial charge in [0.25, 0.3) is 5.56 Å². The molecule has 0 atom stereocenters. The minimum absolute atomic E-state index is 0.164. The van der Waals surface area contributed by atoms with E-state index in [0.29, 0.717) is 28.4 Å². The molecule has 5 aromatic rings. The van der Waals surface area contributed by atoms with Crippen LogP contribution < -0.4 is 11.2 Å². The molecule has 164 valence electrons. The molecule has 0 amide bonds. The maximum atomic E-state index is 13.6. The van der Waals surface area contributed by atoms with Crippen molar-refractivity contribution in [3.05, 3.63) is 128 Å². The lowest BCUT2D eigenvalue weighted by molar-refractivity contribution is 0.677. The first-order valence-electron chi connectivity index (χ1n) is 10.6. The van der Waals surface area contributed by atoms with Gasteiger partial charge in [-0.3, -0.25) is 9.36 Å². The van der Waals surface area contributed by atoms with Gasteiger partial charge in [0.1, 0.15) is 0 Å². The normalized spacial score (nSPS) is 11.2. The molecule has 7 heteroatoms. The average molecular weight is 457 g/mol. The van der Waals surface area contributed by atoms with Gasteiger partial charge in [-0.1, -0.05) is 71.8 Å². The molecule has 3 aromatic carbocycles. The van der Waals surface area contributed by atoms with E-state index in [1.165, 1.54) is 9.13 Å². The zero-order chi connectivity index (χ0) is 22.9. The third kappa shape index (κ3) is 4.01. The molecule has 0 radical (unpaired) electrons. The van der Waals surface area contributed by atoms with E-state index in [4.69, 9.17) is 11.6 Å². The van der Waals surface area contributed by atoms with Crippen LogP contribution >= 0.6 is 11.6 Å².